The fourth-order valence-electron chi connectivity index (χ4n) is 3.56. The van der Waals surface area contributed by atoms with Gasteiger partial charge in [0.05, 0.1) is 11.4 Å². The molecule has 1 aliphatic rings. The Balaban J connectivity index is 2.04. The third kappa shape index (κ3) is 2.32. The van der Waals surface area contributed by atoms with Crippen molar-refractivity contribution in [2.45, 2.75) is 26.7 Å². The maximum absolute atomic E-state index is 9.68. The monoisotopic (exact) mass is 365 g/mol. The van der Waals surface area contributed by atoms with E-state index >= 15 is 0 Å². The second kappa shape index (κ2) is 5.75. The second-order valence-electron chi connectivity index (χ2n) is 6.51. The van der Waals surface area contributed by atoms with E-state index in [0.29, 0.717) is 22.2 Å². The van der Waals surface area contributed by atoms with E-state index in [0.717, 1.165) is 33.3 Å². The number of aryl methyl sites for hydroxylation is 3. The SMILES string of the molecule is Cc1cc(C)c2nc(Cl)c([C@H]3C(C#N)=C(N)Oc4n[nH]c(C)c43)cc2c1. The Morgan fingerprint density at radius 3 is 2.77 bits per heavy atom. The van der Waals surface area contributed by atoms with E-state index in [9.17, 15) is 5.26 Å². The minimum absolute atomic E-state index is 0.0353. The summed E-state index contributed by atoms with van der Waals surface area (Å²) in [5.41, 5.74) is 11.6. The van der Waals surface area contributed by atoms with Crippen LogP contribution in [0.1, 0.15) is 33.9 Å². The molecule has 3 aromatic rings. The number of benzene rings is 1. The highest BCUT2D eigenvalue weighted by Crippen LogP contribution is 2.45. The number of nitrogens with zero attached hydrogens (tertiary/aromatic N) is 3. The molecule has 4 rings (SSSR count). The molecule has 26 heavy (non-hydrogen) atoms. The highest BCUT2D eigenvalue weighted by molar-refractivity contribution is 6.30. The van der Waals surface area contributed by atoms with Crippen molar-refractivity contribution in [3.05, 3.63) is 62.8 Å². The van der Waals surface area contributed by atoms with Crippen LogP contribution in [0.4, 0.5) is 0 Å². The predicted octanol–water partition coefficient (Wildman–Crippen LogP) is 3.75. The average molecular weight is 366 g/mol. The van der Waals surface area contributed by atoms with Crippen LogP contribution in [0.15, 0.2) is 29.7 Å². The molecule has 0 bridgehead atoms. The lowest BCUT2D eigenvalue weighted by Gasteiger charge is -2.24. The molecule has 0 unspecified atom stereocenters. The Morgan fingerprint density at radius 2 is 2.04 bits per heavy atom. The van der Waals surface area contributed by atoms with Crippen molar-refractivity contribution in [3.8, 4) is 11.9 Å². The van der Waals surface area contributed by atoms with E-state index in [1.165, 1.54) is 0 Å². The van der Waals surface area contributed by atoms with Gasteiger partial charge in [-0.1, -0.05) is 23.2 Å². The number of aromatic amines is 1. The van der Waals surface area contributed by atoms with E-state index in [-0.39, 0.29) is 5.88 Å². The number of rotatable bonds is 1. The molecule has 0 aliphatic carbocycles. The minimum Gasteiger partial charge on any atom is -0.420 e. The molecule has 1 aromatic carbocycles. The summed E-state index contributed by atoms with van der Waals surface area (Å²) in [6.07, 6.45) is 0. The van der Waals surface area contributed by atoms with Gasteiger partial charge in [0, 0.05) is 22.2 Å². The standard InChI is InChI=1S/C19H16ClN5O/c1-8-4-9(2)16-11(5-8)6-12(17(20)23-16)15-13(7-21)18(22)26-19-14(15)10(3)24-25-19/h4-6,15H,22H2,1-3H3,(H,24,25)/t15-/m0/s1. The van der Waals surface area contributed by atoms with Crippen molar-refractivity contribution in [1.29, 1.82) is 5.26 Å². The number of fused-ring (bicyclic) bond motifs is 2. The van der Waals surface area contributed by atoms with E-state index in [1.807, 2.05) is 26.8 Å². The molecule has 6 nitrogen and oxygen atoms in total. The minimum atomic E-state index is -0.479. The van der Waals surface area contributed by atoms with Gasteiger partial charge in [-0.3, -0.25) is 5.10 Å². The van der Waals surface area contributed by atoms with Crippen molar-refractivity contribution in [2.75, 3.05) is 0 Å². The van der Waals surface area contributed by atoms with Gasteiger partial charge in [0.2, 0.25) is 11.8 Å². The number of pyridine rings is 1. The van der Waals surface area contributed by atoms with E-state index in [4.69, 9.17) is 22.1 Å². The summed E-state index contributed by atoms with van der Waals surface area (Å²) >= 11 is 6.55. The molecule has 1 aliphatic heterocycles. The fraction of sp³-hybridized carbons (Fsp3) is 0.211. The summed E-state index contributed by atoms with van der Waals surface area (Å²) in [5, 5.41) is 18.0. The second-order valence-corrected chi connectivity index (χ2v) is 6.87. The van der Waals surface area contributed by atoms with Crippen molar-refractivity contribution in [1.82, 2.24) is 15.2 Å². The average Bonchev–Trinajstić information content (AvgIpc) is 2.94. The Hall–Kier alpha value is -3.04. The molecule has 3 heterocycles. The number of nitrogens with two attached hydrogens (primary N) is 1. The quantitative estimate of drug-likeness (QED) is 0.639. The van der Waals surface area contributed by atoms with Gasteiger partial charge in [0.25, 0.3) is 0 Å². The third-order valence-corrected chi connectivity index (χ3v) is 4.98. The van der Waals surface area contributed by atoms with Gasteiger partial charge in [-0.25, -0.2) is 4.98 Å². The topological polar surface area (TPSA) is 101 Å². The van der Waals surface area contributed by atoms with E-state index in [1.54, 1.807) is 0 Å². The first-order valence-corrected chi connectivity index (χ1v) is 8.48. The lowest BCUT2D eigenvalue weighted by atomic mass is 9.84. The molecule has 1 atom stereocenters. The number of halogens is 1. The smallest absolute Gasteiger partial charge is 0.244 e. The Bertz CT molecular complexity index is 1140. The van der Waals surface area contributed by atoms with Gasteiger partial charge in [-0.15, -0.1) is 5.10 Å². The Kier molecular flexibility index (Phi) is 3.63. The van der Waals surface area contributed by atoms with Gasteiger partial charge in [-0.2, -0.15) is 5.26 Å². The van der Waals surface area contributed by atoms with Gasteiger partial charge >= 0.3 is 0 Å². The van der Waals surface area contributed by atoms with Crippen LogP contribution in [0.5, 0.6) is 5.88 Å². The van der Waals surface area contributed by atoms with Crippen LogP contribution in [0.25, 0.3) is 10.9 Å². The highest BCUT2D eigenvalue weighted by atomic mass is 35.5. The third-order valence-electron chi connectivity index (χ3n) is 4.67. The maximum atomic E-state index is 9.68. The summed E-state index contributed by atoms with van der Waals surface area (Å²) in [7, 11) is 0. The molecular weight excluding hydrogens is 350 g/mol. The summed E-state index contributed by atoms with van der Waals surface area (Å²) < 4.78 is 5.50. The zero-order valence-corrected chi connectivity index (χ0v) is 15.3. The summed E-state index contributed by atoms with van der Waals surface area (Å²) in [5.74, 6) is -0.0820. The fourth-order valence-corrected chi connectivity index (χ4v) is 3.81. The van der Waals surface area contributed by atoms with Crippen molar-refractivity contribution in [2.24, 2.45) is 5.73 Å². The van der Waals surface area contributed by atoms with E-state index < -0.39 is 5.92 Å². The number of ether oxygens (including phenoxy) is 1. The van der Waals surface area contributed by atoms with Crippen molar-refractivity contribution in [3.63, 3.8) is 0 Å². The van der Waals surface area contributed by atoms with Gasteiger partial charge in [0.15, 0.2) is 0 Å². The van der Waals surface area contributed by atoms with Gasteiger partial charge in [-0.05, 0) is 38.5 Å². The number of aromatic nitrogens is 3. The zero-order valence-electron chi connectivity index (χ0n) is 14.5. The number of allylic oxidation sites excluding steroid dienone is 1. The van der Waals surface area contributed by atoms with Crippen LogP contribution in [0.2, 0.25) is 5.15 Å². The Labute approximate surface area is 155 Å². The molecule has 130 valence electrons. The van der Waals surface area contributed by atoms with Crippen LogP contribution in [-0.4, -0.2) is 15.2 Å². The maximum Gasteiger partial charge on any atom is 0.244 e. The van der Waals surface area contributed by atoms with Crippen LogP contribution in [0.3, 0.4) is 0 Å². The Morgan fingerprint density at radius 1 is 1.27 bits per heavy atom. The lowest BCUT2D eigenvalue weighted by molar-refractivity contribution is 0.379. The zero-order chi connectivity index (χ0) is 18.6. The van der Waals surface area contributed by atoms with Crippen molar-refractivity contribution < 1.29 is 4.74 Å². The number of H-pyrrole nitrogens is 1. The molecule has 7 heteroatoms. The summed E-state index contributed by atoms with van der Waals surface area (Å²) in [6.45, 7) is 5.91. The first kappa shape index (κ1) is 16.4. The number of hydrogen-bond acceptors (Lipinski definition) is 5. The van der Waals surface area contributed by atoms with Gasteiger partial charge in [0.1, 0.15) is 16.8 Å². The number of nitrogens with one attached hydrogen (secondary N) is 1. The normalized spacial score (nSPS) is 16.3. The molecule has 0 saturated heterocycles. The number of nitriles is 1. The molecule has 0 saturated carbocycles. The molecule has 0 fully saturated rings. The van der Waals surface area contributed by atoms with Crippen LogP contribution < -0.4 is 10.5 Å². The molecule has 0 spiro atoms. The van der Waals surface area contributed by atoms with Crippen LogP contribution >= 0.6 is 11.6 Å². The predicted molar refractivity (Wildman–Crippen MR) is 98.8 cm³/mol. The van der Waals surface area contributed by atoms with E-state index in [2.05, 4.69) is 33.4 Å². The molecule has 0 radical (unpaired) electrons. The first-order valence-electron chi connectivity index (χ1n) is 8.10. The summed E-state index contributed by atoms with van der Waals surface area (Å²) in [4.78, 5) is 4.59. The molecule has 3 N–H and O–H groups in total. The lowest BCUT2D eigenvalue weighted by Crippen LogP contribution is -2.21. The van der Waals surface area contributed by atoms with Crippen molar-refractivity contribution >= 4 is 22.5 Å². The molecule has 2 aromatic heterocycles. The number of hydrogen-bond donors (Lipinski definition) is 2. The largest absolute Gasteiger partial charge is 0.420 e. The first-order chi connectivity index (χ1) is 12.4. The molecule has 0 amide bonds. The van der Waals surface area contributed by atoms with Gasteiger partial charge < -0.3 is 10.5 Å². The summed E-state index contributed by atoms with van der Waals surface area (Å²) in [6, 6.07) is 8.25. The van der Waals surface area contributed by atoms with Crippen LogP contribution in [0, 0.1) is 32.1 Å². The molecular formula is C19H16ClN5O. The highest BCUT2D eigenvalue weighted by Gasteiger charge is 2.35. The van der Waals surface area contributed by atoms with Crippen LogP contribution in [-0.2, 0) is 0 Å².